The van der Waals surface area contributed by atoms with Crippen molar-refractivity contribution in [3.05, 3.63) is 0 Å². The van der Waals surface area contributed by atoms with E-state index in [1.165, 1.54) is 7.05 Å². The first-order valence-electron chi connectivity index (χ1n) is 1.86. The van der Waals surface area contributed by atoms with Crippen LogP contribution in [0.5, 0.6) is 0 Å². The summed E-state index contributed by atoms with van der Waals surface area (Å²) < 4.78 is 0. The number of nitrogens with one attached hydrogen (secondary N) is 1. The zero-order chi connectivity index (χ0) is 5.86. The minimum atomic E-state index is -0.0370. The molecule has 0 atom stereocenters. The minimum Gasteiger partial charge on any atom is -0.386 e. The number of hydroxylamine groups is 2. The van der Waals surface area contributed by atoms with E-state index in [4.69, 9.17) is 16.4 Å². The summed E-state index contributed by atoms with van der Waals surface area (Å²) in [6.45, 7) is 0.111. The molecule has 0 aromatic rings. The first-order chi connectivity index (χ1) is 3.13. The number of hydrogen-bond donors (Lipinski definition) is 3. The molecule has 0 fully saturated rings. The van der Waals surface area contributed by atoms with E-state index in [2.05, 4.69) is 0 Å². The number of hydrogen-bond acceptors (Lipinski definition) is 3. The Labute approximate surface area is 42.0 Å². The van der Waals surface area contributed by atoms with Gasteiger partial charge < -0.3 is 10.9 Å². The van der Waals surface area contributed by atoms with Crippen LogP contribution in [0.4, 0.5) is 0 Å². The maximum atomic E-state index is 8.34. The molecule has 0 radical (unpaired) electrons. The van der Waals surface area contributed by atoms with Gasteiger partial charge in [0.15, 0.2) is 0 Å². The summed E-state index contributed by atoms with van der Waals surface area (Å²) in [5, 5.41) is 15.8. The van der Waals surface area contributed by atoms with Crippen LogP contribution in [-0.2, 0) is 0 Å². The third-order valence-corrected chi connectivity index (χ3v) is 0.399. The Morgan fingerprint density at radius 3 is 2.43 bits per heavy atom. The van der Waals surface area contributed by atoms with Gasteiger partial charge in [0.25, 0.3) is 0 Å². The molecule has 7 heavy (non-hydrogen) atoms. The fourth-order valence-electron chi connectivity index (χ4n) is 0.247. The van der Waals surface area contributed by atoms with Crippen LogP contribution in [0.1, 0.15) is 0 Å². The topological polar surface area (TPSA) is 73.3 Å². The van der Waals surface area contributed by atoms with E-state index in [9.17, 15) is 0 Å². The molecule has 0 rings (SSSR count). The standard InChI is InChI=1S/C3H9N3O/c1-6(7)2-3(4)5/h7H,2H2,1H3,(H3,4,5). The molecule has 0 aliphatic carbocycles. The smallest absolute Gasteiger partial charge is 0.107 e. The van der Waals surface area contributed by atoms with Crippen molar-refractivity contribution in [2.45, 2.75) is 0 Å². The second-order valence-corrected chi connectivity index (χ2v) is 1.34. The maximum Gasteiger partial charge on any atom is 0.107 e. The van der Waals surface area contributed by atoms with Gasteiger partial charge in [-0.3, -0.25) is 5.41 Å². The van der Waals surface area contributed by atoms with Crippen molar-refractivity contribution in [2.24, 2.45) is 5.73 Å². The van der Waals surface area contributed by atoms with E-state index in [0.717, 1.165) is 5.06 Å². The highest BCUT2D eigenvalue weighted by atomic mass is 16.5. The van der Waals surface area contributed by atoms with Gasteiger partial charge in [-0.15, -0.1) is 0 Å². The number of rotatable bonds is 2. The largest absolute Gasteiger partial charge is 0.386 e. The Balaban J connectivity index is 3.13. The highest BCUT2D eigenvalue weighted by molar-refractivity contribution is 5.78. The summed E-state index contributed by atoms with van der Waals surface area (Å²) in [5.41, 5.74) is 4.88. The van der Waals surface area contributed by atoms with Gasteiger partial charge in [-0.2, -0.15) is 5.06 Å². The van der Waals surface area contributed by atoms with E-state index >= 15 is 0 Å². The zero-order valence-electron chi connectivity index (χ0n) is 4.18. The Morgan fingerprint density at radius 1 is 2.00 bits per heavy atom. The highest BCUT2D eigenvalue weighted by Crippen LogP contribution is 1.67. The van der Waals surface area contributed by atoms with Crippen molar-refractivity contribution < 1.29 is 5.21 Å². The molecule has 0 unspecified atom stereocenters. The Morgan fingerprint density at radius 2 is 2.43 bits per heavy atom. The van der Waals surface area contributed by atoms with E-state index in [1.807, 2.05) is 0 Å². The lowest BCUT2D eigenvalue weighted by Gasteiger charge is -2.03. The van der Waals surface area contributed by atoms with Gasteiger partial charge in [-0.1, -0.05) is 0 Å². The van der Waals surface area contributed by atoms with Crippen molar-refractivity contribution in [1.29, 1.82) is 5.41 Å². The Hall–Kier alpha value is -0.610. The first kappa shape index (κ1) is 6.39. The van der Waals surface area contributed by atoms with Crippen LogP contribution >= 0.6 is 0 Å². The average Bonchev–Trinajstić information content (AvgIpc) is 1.27. The number of likely N-dealkylation sites (N-methyl/N-ethyl adjacent to an activating group) is 1. The lowest BCUT2D eigenvalue weighted by molar-refractivity contribution is -0.0495. The first-order valence-corrected chi connectivity index (χ1v) is 1.86. The van der Waals surface area contributed by atoms with Crippen LogP contribution in [0.2, 0.25) is 0 Å². The van der Waals surface area contributed by atoms with Gasteiger partial charge in [-0.05, 0) is 0 Å². The van der Waals surface area contributed by atoms with Crippen molar-refractivity contribution >= 4 is 5.84 Å². The van der Waals surface area contributed by atoms with Gasteiger partial charge in [0, 0.05) is 7.05 Å². The van der Waals surface area contributed by atoms with Crippen molar-refractivity contribution in [2.75, 3.05) is 13.6 Å². The summed E-state index contributed by atoms with van der Waals surface area (Å²) >= 11 is 0. The second kappa shape index (κ2) is 2.54. The molecule has 4 nitrogen and oxygen atoms in total. The summed E-state index contributed by atoms with van der Waals surface area (Å²) in [7, 11) is 1.43. The van der Waals surface area contributed by atoms with Crippen LogP contribution < -0.4 is 5.73 Å². The van der Waals surface area contributed by atoms with Crippen LogP contribution in [0, 0.1) is 5.41 Å². The molecule has 0 aromatic heterocycles. The Kier molecular flexibility index (Phi) is 2.32. The Bertz CT molecular complexity index is 70.6. The summed E-state index contributed by atoms with van der Waals surface area (Å²) in [5.74, 6) is -0.0370. The molecule has 4 heteroatoms. The van der Waals surface area contributed by atoms with Gasteiger partial charge in [0.1, 0.15) is 5.84 Å². The quantitative estimate of drug-likeness (QED) is 0.244. The number of amidine groups is 1. The molecule has 0 aliphatic rings. The molecule has 0 amide bonds. The monoisotopic (exact) mass is 103 g/mol. The molecule has 0 spiro atoms. The fraction of sp³-hybridized carbons (Fsp3) is 0.667. The normalized spacial score (nSPS) is 9.57. The summed E-state index contributed by atoms with van der Waals surface area (Å²) in [6, 6.07) is 0. The van der Waals surface area contributed by atoms with E-state index in [1.54, 1.807) is 0 Å². The lowest BCUT2D eigenvalue weighted by Crippen LogP contribution is -2.27. The van der Waals surface area contributed by atoms with E-state index in [0.29, 0.717) is 0 Å². The van der Waals surface area contributed by atoms with Gasteiger partial charge in [-0.25, -0.2) is 0 Å². The van der Waals surface area contributed by atoms with Crippen LogP contribution in [-0.4, -0.2) is 29.7 Å². The number of nitrogens with zero attached hydrogens (tertiary/aromatic N) is 1. The average molecular weight is 103 g/mol. The third kappa shape index (κ3) is 5.39. The van der Waals surface area contributed by atoms with E-state index < -0.39 is 0 Å². The SMILES string of the molecule is CN(O)CC(=N)N. The molecule has 0 bridgehead atoms. The molecule has 0 aliphatic heterocycles. The fourth-order valence-corrected chi connectivity index (χ4v) is 0.247. The molecule has 0 saturated carbocycles. The van der Waals surface area contributed by atoms with Crippen molar-refractivity contribution in [1.82, 2.24) is 5.06 Å². The molecular weight excluding hydrogens is 94.1 g/mol. The van der Waals surface area contributed by atoms with Gasteiger partial charge in [0.05, 0.1) is 6.54 Å². The van der Waals surface area contributed by atoms with E-state index in [-0.39, 0.29) is 12.4 Å². The minimum absolute atomic E-state index is 0.0370. The molecule has 0 aromatic carbocycles. The predicted octanol–water partition coefficient (Wildman–Crippen LogP) is -0.757. The van der Waals surface area contributed by atoms with Crippen LogP contribution in [0.15, 0.2) is 0 Å². The molecular formula is C3H9N3O. The van der Waals surface area contributed by atoms with Crippen LogP contribution in [0.3, 0.4) is 0 Å². The second-order valence-electron chi connectivity index (χ2n) is 1.34. The zero-order valence-corrected chi connectivity index (χ0v) is 4.18. The highest BCUT2D eigenvalue weighted by Gasteiger charge is 1.89. The molecule has 0 heterocycles. The molecule has 0 saturated heterocycles. The maximum absolute atomic E-state index is 8.34. The molecule has 4 N–H and O–H groups in total. The number of nitrogens with two attached hydrogens (primary N) is 1. The summed E-state index contributed by atoms with van der Waals surface area (Å²) in [4.78, 5) is 0. The van der Waals surface area contributed by atoms with Crippen molar-refractivity contribution in [3.63, 3.8) is 0 Å². The molecule has 42 valence electrons. The van der Waals surface area contributed by atoms with Crippen LogP contribution in [0.25, 0.3) is 0 Å². The van der Waals surface area contributed by atoms with Gasteiger partial charge >= 0.3 is 0 Å². The van der Waals surface area contributed by atoms with Gasteiger partial charge in [0.2, 0.25) is 0 Å². The lowest BCUT2D eigenvalue weighted by atomic mass is 10.6. The third-order valence-electron chi connectivity index (χ3n) is 0.399. The predicted molar refractivity (Wildman–Crippen MR) is 26.3 cm³/mol. The van der Waals surface area contributed by atoms with Crippen molar-refractivity contribution in [3.8, 4) is 0 Å². The summed E-state index contributed by atoms with van der Waals surface area (Å²) in [6.07, 6.45) is 0.